The van der Waals surface area contributed by atoms with Crippen LogP contribution in [-0.4, -0.2) is 44.3 Å². The van der Waals surface area contributed by atoms with E-state index in [4.69, 9.17) is 4.74 Å². The van der Waals surface area contributed by atoms with Crippen molar-refractivity contribution in [3.05, 3.63) is 121 Å². The van der Waals surface area contributed by atoms with Gasteiger partial charge in [0, 0.05) is 0 Å². The van der Waals surface area contributed by atoms with Gasteiger partial charge in [-0.25, -0.2) is 0 Å². The van der Waals surface area contributed by atoms with Crippen molar-refractivity contribution in [3.63, 3.8) is 0 Å². The van der Waals surface area contributed by atoms with Crippen LogP contribution in [-0.2, 0) is 9.53 Å². The van der Waals surface area contributed by atoms with Crippen molar-refractivity contribution in [1.29, 1.82) is 0 Å². The summed E-state index contributed by atoms with van der Waals surface area (Å²) < 4.78 is 11.2. The van der Waals surface area contributed by atoms with E-state index in [0.29, 0.717) is 0 Å². The van der Waals surface area contributed by atoms with Gasteiger partial charge in [0.15, 0.2) is 0 Å². The number of rotatable bonds is 6. The molecule has 0 amide bonds. The van der Waals surface area contributed by atoms with Crippen molar-refractivity contribution >= 4 is 54.8 Å². The Hall–Kier alpha value is -2.70. The van der Waals surface area contributed by atoms with Crippen LogP contribution in [0.2, 0.25) is 0 Å². The molecule has 31 heavy (non-hydrogen) atoms. The Labute approximate surface area is 192 Å². The molecular weight excluding hydrogens is 510 g/mol. The Bertz CT molecular complexity index is 1090. The molecule has 4 rings (SSSR count). The van der Waals surface area contributed by atoms with Crippen molar-refractivity contribution < 1.29 is 9.53 Å². The van der Waals surface area contributed by atoms with Gasteiger partial charge in [0.25, 0.3) is 0 Å². The fraction of sp³-hybridized carbons (Fsp3) is 0.0370. The summed E-state index contributed by atoms with van der Waals surface area (Å²) in [6, 6.07) is 41.9. The van der Waals surface area contributed by atoms with E-state index in [1.807, 2.05) is 36.4 Å². The van der Waals surface area contributed by atoms with E-state index in [1.165, 1.54) is 24.6 Å². The number of hydrogen-bond acceptors (Lipinski definition) is 2. The molecule has 0 heterocycles. The van der Waals surface area contributed by atoms with Crippen molar-refractivity contribution in [2.24, 2.45) is 0 Å². The van der Waals surface area contributed by atoms with Crippen molar-refractivity contribution in [2.75, 3.05) is 7.11 Å². The minimum atomic E-state index is -3.35. The van der Waals surface area contributed by atoms with Crippen LogP contribution in [0.3, 0.4) is 0 Å². The number of ether oxygens (including phenoxy) is 1. The van der Waals surface area contributed by atoms with Crippen molar-refractivity contribution in [3.8, 4) is 0 Å². The van der Waals surface area contributed by atoms with E-state index in [9.17, 15) is 4.79 Å². The summed E-state index contributed by atoms with van der Waals surface area (Å²) in [6.45, 7) is 0. The van der Waals surface area contributed by atoms with Crippen LogP contribution in [0.15, 0.2) is 121 Å². The first-order chi connectivity index (χ1) is 15.3. The summed E-state index contributed by atoms with van der Waals surface area (Å²) in [4.78, 5) is 13.5. The predicted octanol–water partition coefficient (Wildman–Crippen LogP) is 2.07. The average molecular weight is 533 g/mol. The third-order valence-corrected chi connectivity index (χ3v) is 19.3. The van der Waals surface area contributed by atoms with E-state index >= 15 is 0 Å². The number of hydrogen-bond donors (Lipinski definition) is 0. The summed E-state index contributed by atoms with van der Waals surface area (Å²) in [5.41, 5.74) is 0. The molecule has 0 aromatic heterocycles. The zero-order valence-electron chi connectivity index (χ0n) is 17.2. The molecule has 0 unspecified atom stereocenters. The number of carbonyl (C=O) groups is 1. The van der Waals surface area contributed by atoms with Crippen LogP contribution in [0, 0.1) is 0 Å². The molecule has 0 N–H and O–H groups in total. The van der Waals surface area contributed by atoms with Gasteiger partial charge in [-0.05, 0) is 0 Å². The Morgan fingerprint density at radius 1 is 0.613 bits per heavy atom. The van der Waals surface area contributed by atoms with Crippen LogP contribution in [0.25, 0.3) is 0 Å². The topological polar surface area (TPSA) is 26.3 Å². The van der Waals surface area contributed by atoms with Crippen molar-refractivity contribution in [1.82, 2.24) is 0 Å². The molecule has 0 aliphatic rings. The van der Waals surface area contributed by atoms with Crippen LogP contribution in [0.5, 0.6) is 0 Å². The first kappa shape index (κ1) is 21.5. The maximum atomic E-state index is 13.5. The molecule has 2 nitrogen and oxygen atoms in total. The van der Waals surface area contributed by atoms with Crippen molar-refractivity contribution in [2.45, 2.75) is 0 Å². The predicted molar refractivity (Wildman–Crippen MR) is 133 cm³/mol. The SMILES string of the molecule is COC(=O)C([Se]c1ccccc1)=[As](c1ccccc1)(c1ccccc1)c1ccccc1. The van der Waals surface area contributed by atoms with Crippen LogP contribution >= 0.6 is 0 Å². The Morgan fingerprint density at radius 2 is 0.968 bits per heavy atom. The molecule has 0 spiro atoms. The van der Waals surface area contributed by atoms with Gasteiger partial charge in [-0.2, -0.15) is 0 Å². The third kappa shape index (κ3) is 4.36. The van der Waals surface area contributed by atoms with Gasteiger partial charge in [-0.1, -0.05) is 0 Å². The number of methoxy groups -OCH3 is 1. The molecule has 0 aliphatic carbocycles. The van der Waals surface area contributed by atoms with Gasteiger partial charge in [0.05, 0.1) is 0 Å². The monoisotopic (exact) mass is 534 g/mol. The second-order valence-electron chi connectivity index (χ2n) is 6.89. The number of benzene rings is 4. The van der Waals surface area contributed by atoms with Gasteiger partial charge < -0.3 is 0 Å². The molecule has 0 fully saturated rings. The molecular formula is C27H23AsO2Se. The molecule has 0 saturated carbocycles. The minimum absolute atomic E-state index is 0.178. The zero-order valence-corrected chi connectivity index (χ0v) is 20.8. The first-order valence-corrected chi connectivity index (χ1v) is 15.5. The molecule has 0 atom stereocenters. The van der Waals surface area contributed by atoms with Gasteiger partial charge in [-0.15, -0.1) is 0 Å². The Morgan fingerprint density at radius 3 is 1.32 bits per heavy atom. The van der Waals surface area contributed by atoms with E-state index in [0.717, 1.165) is 3.20 Å². The average Bonchev–Trinajstić information content (AvgIpc) is 2.86. The molecule has 4 heteroatoms. The van der Waals surface area contributed by atoms with Gasteiger partial charge in [0.1, 0.15) is 0 Å². The fourth-order valence-corrected chi connectivity index (χ4v) is 19.5. The van der Waals surface area contributed by atoms with E-state index in [2.05, 4.69) is 84.9 Å². The van der Waals surface area contributed by atoms with Crippen LogP contribution in [0.1, 0.15) is 0 Å². The molecule has 0 saturated heterocycles. The standard InChI is InChI=1S/C27H23AsO2Se/c1-30-27(29)26(31-25-20-12-5-13-21-25)28(22-14-6-2-7-15-22,23-16-8-3-9-17-23)24-18-10-4-11-19-24/h2-21H,1H3. The van der Waals surface area contributed by atoms with Crippen LogP contribution < -0.4 is 17.5 Å². The van der Waals surface area contributed by atoms with E-state index in [1.54, 1.807) is 0 Å². The van der Waals surface area contributed by atoms with E-state index in [-0.39, 0.29) is 20.9 Å². The summed E-state index contributed by atoms with van der Waals surface area (Å²) in [5, 5.41) is 0. The summed E-state index contributed by atoms with van der Waals surface area (Å²) in [7, 11) is 1.49. The molecule has 0 aliphatic heterocycles. The number of esters is 1. The fourth-order valence-electron chi connectivity index (χ4n) is 3.69. The normalized spacial score (nSPS) is 11.0. The zero-order chi connectivity index (χ0) is 21.5. The molecule has 0 bridgehead atoms. The summed E-state index contributed by atoms with van der Waals surface area (Å²) in [5.74, 6) is -0.201. The summed E-state index contributed by atoms with van der Waals surface area (Å²) in [6.07, 6.45) is 0. The second kappa shape index (κ2) is 10.1. The molecule has 4 aromatic rings. The van der Waals surface area contributed by atoms with Gasteiger partial charge >= 0.3 is 193 Å². The number of carbonyl (C=O) groups excluding carboxylic acids is 1. The van der Waals surface area contributed by atoms with Crippen LogP contribution in [0.4, 0.5) is 0 Å². The Balaban J connectivity index is 2.20. The molecule has 4 aromatic carbocycles. The summed E-state index contributed by atoms with van der Waals surface area (Å²) >= 11 is -3.52. The van der Waals surface area contributed by atoms with Gasteiger partial charge in [-0.3, -0.25) is 0 Å². The third-order valence-electron chi connectivity index (χ3n) is 5.05. The Kier molecular flexibility index (Phi) is 6.99. The molecule has 0 radical (unpaired) electrons. The van der Waals surface area contributed by atoms with Gasteiger partial charge in [0.2, 0.25) is 0 Å². The quantitative estimate of drug-likeness (QED) is 0.281. The second-order valence-corrected chi connectivity index (χ2v) is 17.6. The van der Waals surface area contributed by atoms with E-state index < -0.39 is 13.1 Å². The molecule has 154 valence electrons. The first-order valence-electron chi connectivity index (χ1n) is 10.0. The maximum absolute atomic E-state index is 13.5.